The number of hydrogen-bond donors (Lipinski definition) is 3. The fourth-order valence-electron chi connectivity index (χ4n) is 2.62. The summed E-state index contributed by atoms with van der Waals surface area (Å²) in [7, 11) is 0. The summed E-state index contributed by atoms with van der Waals surface area (Å²) < 4.78 is 1.15. The van der Waals surface area contributed by atoms with Gasteiger partial charge >= 0.3 is 0 Å². The molecular weight excluding hydrogens is 425 g/mol. The summed E-state index contributed by atoms with van der Waals surface area (Å²) in [6, 6.07) is 22.4. The van der Waals surface area contributed by atoms with Crippen molar-refractivity contribution in [2.24, 2.45) is 5.10 Å². The van der Waals surface area contributed by atoms with Gasteiger partial charge in [-0.1, -0.05) is 53.5 Å². The van der Waals surface area contributed by atoms with Crippen molar-refractivity contribution in [1.29, 1.82) is 5.41 Å². The maximum Gasteiger partial charge on any atom is 0.162 e. The molecule has 0 saturated carbocycles. The van der Waals surface area contributed by atoms with E-state index in [4.69, 9.17) is 33.6 Å². The van der Waals surface area contributed by atoms with Crippen LogP contribution in [-0.2, 0) is 0 Å². The first kappa shape index (κ1) is 19.4. The number of hydrogen-bond acceptors (Lipinski definition) is 6. The molecule has 4 aromatic rings. The van der Waals surface area contributed by atoms with E-state index in [9.17, 15) is 0 Å². The van der Waals surface area contributed by atoms with Crippen molar-refractivity contribution in [1.82, 2.24) is 4.98 Å². The molecular formula is C21H15Cl2N5S. The van der Waals surface area contributed by atoms with Crippen LogP contribution >= 0.6 is 34.5 Å². The summed E-state index contributed by atoms with van der Waals surface area (Å²) in [6.45, 7) is 0. The average molecular weight is 440 g/mol. The van der Waals surface area contributed by atoms with Crippen LogP contribution in [0.15, 0.2) is 77.9 Å². The van der Waals surface area contributed by atoms with E-state index in [0.717, 1.165) is 15.9 Å². The number of rotatable bonds is 4. The van der Waals surface area contributed by atoms with E-state index >= 15 is 0 Å². The molecule has 3 N–H and O–H groups in total. The van der Waals surface area contributed by atoms with Crippen LogP contribution in [0.25, 0.3) is 10.2 Å². The van der Waals surface area contributed by atoms with Crippen LogP contribution in [-0.4, -0.2) is 4.98 Å². The Hall–Kier alpha value is -2.93. The average Bonchev–Trinajstić information content (AvgIpc) is 2.84. The molecule has 0 bridgehead atoms. The van der Waals surface area contributed by atoms with Crippen LogP contribution in [0, 0.1) is 5.41 Å². The second kappa shape index (κ2) is 8.61. The quantitative estimate of drug-likeness (QED) is 0.354. The molecule has 0 aliphatic rings. The number of nitrogens with zero attached hydrogens (tertiary/aromatic N) is 2. The highest BCUT2D eigenvalue weighted by atomic mass is 35.5. The summed E-state index contributed by atoms with van der Waals surface area (Å²) in [5.74, 6) is 0.469. The Balaban J connectivity index is 1.89. The highest BCUT2D eigenvalue weighted by molar-refractivity contribution is 7.15. The van der Waals surface area contributed by atoms with Gasteiger partial charge in [0.05, 0.1) is 20.9 Å². The van der Waals surface area contributed by atoms with Crippen molar-refractivity contribution in [2.75, 3.05) is 10.7 Å². The number of nitrogens with one attached hydrogen (secondary N) is 3. The molecule has 0 amide bonds. The molecule has 0 aliphatic carbocycles. The highest BCUT2D eigenvalue weighted by Gasteiger charge is 2.06. The fraction of sp³-hybridized carbons (Fsp3) is 0. The summed E-state index contributed by atoms with van der Waals surface area (Å²) in [5.41, 5.74) is 5.14. The fourth-order valence-corrected chi connectivity index (χ4v) is 3.89. The van der Waals surface area contributed by atoms with Gasteiger partial charge in [0.25, 0.3) is 0 Å². The Labute approximate surface area is 180 Å². The molecule has 0 saturated heterocycles. The predicted molar refractivity (Wildman–Crippen MR) is 121 cm³/mol. The third-order valence-corrected chi connectivity index (χ3v) is 5.52. The van der Waals surface area contributed by atoms with E-state index in [1.807, 2.05) is 54.6 Å². The van der Waals surface area contributed by atoms with E-state index in [2.05, 4.69) is 15.8 Å². The maximum absolute atomic E-state index is 8.58. The zero-order valence-corrected chi connectivity index (χ0v) is 17.3. The van der Waals surface area contributed by atoms with Crippen molar-refractivity contribution in [2.45, 2.75) is 0 Å². The lowest BCUT2D eigenvalue weighted by Gasteiger charge is -2.06. The van der Waals surface area contributed by atoms with Gasteiger partial charge in [-0.3, -0.25) is 10.8 Å². The van der Waals surface area contributed by atoms with Gasteiger partial charge in [0.2, 0.25) is 0 Å². The van der Waals surface area contributed by atoms with Crippen molar-refractivity contribution < 1.29 is 0 Å². The molecule has 5 nitrogen and oxygen atoms in total. The van der Waals surface area contributed by atoms with Gasteiger partial charge in [0.1, 0.15) is 4.67 Å². The molecule has 3 aromatic carbocycles. The molecule has 1 heterocycles. The normalized spacial score (nSPS) is 11.4. The number of fused-ring (bicyclic) bond motifs is 1. The molecule has 29 heavy (non-hydrogen) atoms. The van der Waals surface area contributed by atoms with Crippen LogP contribution in [0.4, 0.5) is 17.2 Å². The van der Waals surface area contributed by atoms with E-state index in [1.165, 1.54) is 11.3 Å². The van der Waals surface area contributed by atoms with Gasteiger partial charge < -0.3 is 5.32 Å². The van der Waals surface area contributed by atoms with Gasteiger partial charge in [0.15, 0.2) is 11.2 Å². The highest BCUT2D eigenvalue weighted by Crippen LogP contribution is 2.25. The lowest BCUT2D eigenvalue weighted by atomic mass is 10.3. The summed E-state index contributed by atoms with van der Waals surface area (Å²) in [4.78, 5) is 4.73. The van der Waals surface area contributed by atoms with Crippen LogP contribution in [0.3, 0.4) is 0 Å². The van der Waals surface area contributed by atoms with Crippen LogP contribution in [0.2, 0.25) is 10.0 Å². The molecule has 0 aliphatic heterocycles. The zero-order valence-electron chi connectivity index (χ0n) is 15.0. The lowest BCUT2D eigenvalue weighted by Crippen LogP contribution is -2.25. The van der Waals surface area contributed by atoms with Gasteiger partial charge in [-0.05, 0) is 42.5 Å². The number of para-hydroxylation sites is 2. The summed E-state index contributed by atoms with van der Waals surface area (Å²) in [5, 5.41) is 17.7. The Kier molecular flexibility index (Phi) is 5.76. The van der Waals surface area contributed by atoms with Gasteiger partial charge in [-0.2, -0.15) is 5.10 Å². The monoisotopic (exact) mass is 439 g/mol. The number of benzene rings is 3. The lowest BCUT2D eigenvalue weighted by molar-refractivity contribution is 1.15. The minimum Gasteiger partial charge on any atom is -0.338 e. The molecule has 0 fully saturated rings. The molecule has 0 radical (unpaired) electrons. The molecule has 0 spiro atoms. The third kappa shape index (κ3) is 4.56. The maximum atomic E-state index is 8.58. The zero-order chi connectivity index (χ0) is 20.2. The minimum absolute atomic E-state index is 0.259. The van der Waals surface area contributed by atoms with E-state index in [0.29, 0.717) is 26.9 Å². The second-order valence-corrected chi connectivity index (χ2v) is 7.94. The molecule has 0 atom stereocenters. The molecule has 4 rings (SSSR count). The summed E-state index contributed by atoms with van der Waals surface area (Å²) in [6.07, 6.45) is 0. The summed E-state index contributed by atoms with van der Waals surface area (Å²) >= 11 is 13.5. The second-order valence-electron chi connectivity index (χ2n) is 6.05. The number of aromatic nitrogens is 1. The van der Waals surface area contributed by atoms with Crippen LogP contribution in [0.5, 0.6) is 0 Å². The van der Waals surface area contributed by atoms with Crippen LogP contribution < -0.4 is 20.8 Å². The molecule has 8 heteroatoms. The molecule has 144 valence electrons. The van der Waals surface area contributed by atoms with Crippen LogP contribution in [0.1, 0.15) is 0 Å². The van der Waals surface area contributed by atoms with E-state index in [-0.39, 0.29) is 4.67 Å². The SMILES string of the molecule is N=c1sc2ccccc2nc(Nc2ccccc2)/c1=N/Nc1ccc(Cl)cc1Cl. The predicted octanol–water partition coefficient (Wildman–Crippen LogP) is 5.75. The van der Waals surface area contributed by atoms with Crippen molar-refractivity contribution in [3.8, 4) is 0 Å². The first-order valence-corrected chi connectivity index (χ1v) is 10.2. The van der Waals surface area contributed by atoms with Gasteiger partial charge in [-0.15, -0.1) is 11.3 Å². The van der Waals surface area contributed by atoms with Crippen molar-refractivity contribution >= 4 is 61.9 Å². The topological polar surface area (TPSA) is 73.2 Å². The Morgan fingerprint density at radius 1 is 0.931 bits per heavy atom. The Bertz CT molecular complexity index is 1310. The number of halogens is 2. The Morgan fingerprint density at radius 3 is 2.48 bits per heavy atom. The van der Waals surface area contributed by atoms with E-state index < -0.39 is 0 Å². The smallest absolute Gasteiger partial charge is 0.162 e. The third-order valence-electron chi connectivity index (χ3n) is 4.00. The first-order chi connectivity index (χ1) is 14.1. The molecule has 1 aromatic heterocycles. The van der Waals surface area contributed by atoms with Crippen molar-refractivity contribution in [3.05, 3.63) is 92.9 Å². The molecule has 0 unspecified atom stereocenters. The number of anilines is 3. The van der Waals surface area contributed by atoms with Crippen molar-refractivity contribution in [3.63, 3.8) is 0 Å². The van der Waals surface area contributed by atoms with Gasteiger partial charge in [-0.25, -0.2) is 4.98 Å². The minimum atomic E-state index is 0.259. The van der Waals surface area contributed by atoms with Gasteiger partial charge in [0, 0.05) is 10.7 Å². The Morgan fingerprint density at radius 2 is 1.69 bits per heavy atom. The largest absolute Gasteiger partial charge is 0.338 e. The van der Waals surface area contributed by atoms with E-state index in [1.54, 1.807) is 18.2 Å². The standard InChI is InChI=1S/C21H15Cl2N5S/c22-13-10-11-16(15(23)12-13)27-28-19-20(24)29-18-9-5-4-8-17(18)26-21(19)25-14-6-2-1-3-7-14/h1-12,24,27H,(H,25,26)/b24-20?,28-19+. The first-order valence-electron chi connectivity index (χ1n) is 8.66.